The summed E-state index contributed by atoms with van der Waals surface area (Å²) in [5.41, 5.74) is 9.61. The van der Waals surface area contributed by atoms with Gasteiger partial charge in [-0.25, -0.2) is 15.0 Å². The normalized spacial score (nSPS) is 11.9. The lowest BCUT2D eigenvalue weighted by molar-refractivity contribution is 1.07. The van der Waals surface area contributed by atoms with E-state index in [0.29, 0.717) is 17.5 Å². The minimum absolute atomic E-state index is 0.615. The summed E-state index contributed by atoms with van der Waals surface area (Å²) in [7, 11) is 0. The van der Waals surface area contributed by atoms with Crippen molar-refractivity contribution in [1.29, 1.82) is 0 Å². The minimum Gasteiger partial charge on any atom is -0.309 e. The topological polar surface area (TPSA) is 48.5 Å². The first-order chi connectivity index (χ1) is 30.7. The van der Waals surface area contributed by atoms with Crippen LogP contribution in [0.1, 0.15) is 0 Å². The predicted molar refractivity (Wildman–Crippen MR) is 257 cm³/mol. The van der Waals surface area contributed by atoms with Crippen molar-refractivity contribution in [1.82, 2.24) is 24.1 Å². The van der Waals surface area contributed by atoms with Crippen molar-refractivity contribution >= 4 is 75.9 Å². The first-order valence-electron chi connectivity index (χ1n) is 21.0. The summed E-state index contributed by atoms with van der Waals surface area (Å²) < 4.78 is 4.78. The van der Waals surface area contributed by atoms with Crippen molar-refractivity contribution in [2.45, 2.75) is 0 Å². The van der Waals surface area contributed by atoms with E-state index in [0.717, 1.165) is 49.9 Å². The molecule has 0 amide bonds. The summed E-state index contributed by atoms with van der Waals surface area (Å²) in [5.74, 6) is 1.88. The Hall–Kier alpha value is -8.41. The van der Waals surface area contributed by atoms with Crippen LogP contribution in [0.2, 0.25) is 0 Å². The van der Waals surface area contributed by atoms with Crippen molar-refractivity contribution in [3.8, 4) is 45.5 Å². The number of hydrogen-bond donors (Lipinski definition) is 0. The molecule has 0 fully saturated rings. The maximum absolute atomic E-state index is 5.38. The molecule has 5 heteroatoms. The fourth-order valence-electron chi connectivity index (χ4n) is 9.73. The number of rotatable bonds is 5. The SMILES string of the molecule is c1ccc(-c2nc(-c3ccccc3-n3c4ccccc4c4cc5cc(-n6c7ccccc7c7ccccc76)ccc5cc43)nc(-c3cc4ccccc4c4ccccc34)n2)cc1. The molecule has 3 aromatic heterocycles. The maximum Gasteiger partial charge on any atom is 0.166 e. The number of fused-ring (bicyclic) bond motifs is 10. The molecular formula is C57H35N5. The molecule has 10 aromatic carbocycles. The van der Waals surface area contributed by atoms with E-state index in [1.54, 1.807) is 0 Å². The highest BCUT2D eigenvalue weighted by Gasteiger charge is 2.21. The Kier molecular flexibility index (Phi) is 7.54. The average Bonchev–Trinajstić information content (AvgIpc) is 3.85. The van der Waals surface area contributed by atoms with Crippen molar-refractivity contribution in [3.63, 3.8) is 0 Å². The summed E-state index contributed by atoms with van der Waals surface area (Å²) in [5, 5.41) is 11.9. The Labute approximate surface area is 356 Å². The van der Waals surface area contributed by atoms with Crippen molar-refractivity contribution < 1.29 is 0 Å². The van der Waals surface area contributed by atoms with Gasteiger partial charge in [0.05, 0.1) is 27.8 Å². The molecule has 62 heavy (non-hydrogen) atoms. The molecule has 0 unspecified atom stereocenters. The quantitative estimate of drug-likeness (QED) is 0.163. The standard InChI is InChI=1S/C57H35N5/c1-2-16-36(17-3-1)55-58-56(60-57(59-55)49-33-38-18-4-5-19-41(38)42-20-6-7-21-43(42)49)47-25-11-15-29-53(47)62-52-28-14-10-24-46(52)48-34-39-32-40(31-30-37(39)35-54(48)62)61-50-26-12-8-22-44(50)45-23-9-13-27-51(45)61/h1-35H. The van der Waals surface area contributed by atoms with Gasteiger partial charge in [-0.15, -0.1) is 0 Å². The van der Waals surface area contributed by atoms with Crippen LogP contribution < -0.4 is 0 Å². The van der Waals surface area contributed by atoms with E-state index < -0.39 is 0 Å². The molecule has 0 spiro atoms. The highest BCUT2D eigenvalue weighted by molar-refractivity contribution is 6.15. The third kappa shape index (κ3) is 5.25. The summed E-state index contributed by atoms with van der Waals surface area (Å²) >= 11 is 0. The first-order valence-corrected chi connectivity index (χ1v) is 21.0. The molecule has 0 aliphatic heterocycles. The fourth-order valence-corrected chi connectivity index (χ4v) is 9.73. The van der Waals surface area contributed by atoms with Crippen molar-refractivity contribution in [2.24, 2.45) is 0 Å². The van der Waals surface area contributed by atoms with Gasteiger partial charge in [0, 0.05) is 43.9 Å². The molecule has 0 saturated carbocycles. The molecule has 0 radical (unpaired) electrons. The molecule has 5 nitrogen and oxygen atoms in total. The molecule has 0 saturated heterocycles. The molecule has 0 N–H and O–H groups in total. The van der Waals surface area contributed by atoms with Gasteiger partial charge in [-0.05, 0) is 93.0 Å². The van der Waals surface area contributed by atoms with Gasteiger partial charge in [0.2, 0.25) is 0 Å². The molecule has 13 aromatic rings. The number of benzene rings is 10. The number of hydrogen-bond acceptors (Lipinski definition) is 3. The summed E-state index contributed by atoms with van der Waals surface area (Å²) in [6.07, 6.45) is 0. The van der Waals surface area contributed by atoms with E-state index in [2.05, 4.69) is 203 Å². The van der Waals surface area contributed by atoms with E-state index in [1.807, 2.05) is 18.2 Å². The largest absolute Gasteiger partial charge is 0.309 e. The number of nitrogens with zero attached hydrogens (tertiary/aromatic N) is 5. The van der Waals surface area contributed by atoms with Gasteiger partial charge in [-0.2, -0.15) is 0 Å². The van der Waals surface area contributed by atoms with Gasteiger partial charge in [0.15, 0.2) is 17.5 Å². The minimum atomic E-state index is 0.615. The maximum atomic E-state index is 5.38. The van der Waals surface area contributed by atoms with Crippen LogP contribution in [-0.2, 0) is 0 Å². The number of para-hydroxylation sites is 4. The third-order valence-corrected chi connectivity index (χ3v) is 12.5. The molecule has 0 bridgehead atoms. The van der Waals surface area contributed by atoms with E-state index in [-0.39, 0.29) is 0 Å². The molecule has 0 aliphatic rings. The van der Waals surface area contributed by atoms with E-state index in [4.69, 9.17) is 15.0 Å². The van der Waals surface area contributed by atoms with Crippen LogP contribution in [0.15, 0.2) is 212 Å². The lowest BCUT2D eigenvalue weighted by atomic mass is 9.97. The lowest BCUT2D eigenvalue weighted by Gasteiger charge is -2.16. The lowest BCUT2D eigenvalue weighted by Crippen LogP contribution is -2.04. The Bertz CT molecular complexity index is 3880. The Morgan fingerprint density at radius 3 is 1.56 bits per heavy atom. The van der Waals surface area contributed by atoms with Gasteiger partial charge >= 0.3 is 0 Å². The summed E-state index contributed by atoms with van der Waals surface area (Å²) in [6, 6.07) is 75.7. The highest BCUT2D eigenvalue weighted by atomic mass is 15.1. The molecule has 0 atom stereocenters. The molecule has 3 heterocycles. The molecular weight excluding hydrogens is 755 g/mol. The smallest absolute Gasteiger partial charge is 0.166 e. The van der Waals surface area contributed by atoms with Gasteiger partial charge in [-0.3, -0.25) is 0 Å². The second-order valence-electron chi connectivity index (χ2n) is 16.0. The van der Waals surface area contributed by atoms with Crippen LogP contribution in [0.4, 0.5) is 0 Å². The van der Waals surface area contributed by atoms with Crippen LogP contribution in [-0.4, -0.2) is 24.1 Å². The van der Waals surface area contributed by atoms with E-state index >= 15 is 0 Å². The van der Waals surface area contributed by atoms with E-state index in [9.17, 15) is 0 Å². The Morgan fingerprint density at radius 1 is 0.274 bits per heavy atom. The second kappa shape index (κ2) is 13.6. The molecule has 0 aliphatic carbocycles. The Morgan fingerprint density at radius 2 is 0.823 bits per heavy atom. The zero-order valence-corrected chi connectivity index (χ0v) is 33.4. The van der Waals surface area contributed by atoms with Crippen LogP contribution in [0.5, 0.6) is 0 Å². The monoisotopic (exact) mass is 789 g/mol. The van der Waals surface area contributed by atoms with Gasteiger partial charge in [0.25, 0.3) is 0 Å². The van der Waals surface area contributed by atoms with Crippen LogP contribution in [0.25, 0.3) is 121 Å². The average molecular weight is 790 g/mol. The first kappa shape index (κ1) is 34.5. The second-order valence-corrected chi connectivity index (χ2v) is 16.0. The van der Waals surface area contributed by atoms with Gasteiger partial charge in [-0.1, -0.05) is 152 Å². The fraction of sp³-hybridized carbons (Fsp3) is 0. The van der Waals surface area contributed by atoms with Crippen molar-refractivity contribution in [2.75, 3.05) is 0 Å². The highest BCUT2D eigenvalue weighted by Crippen LogP contribution is 2.40. The number of aromatic nitrogens is 5. The van der Waals surface area contributed by atoms with Gasteiger partial charge in [0.1, 0.15) is 0 Å². The predicted octanol–water partition coefficient (Wildman–Crippen LogP) is 14.5. The third-order valence-electron chi connectivity index (χ3n) is 12.5. The van der Waals surface area contributed by atoms with E-state index in [1.165, 1.54) is 54.1 Å². The molecule has 13 rings (SSSR count). The zero-order valence-electron chi connectivity index (χ0n) is 33.4. The van der Waals surface area contributed by atoms with Crippen molar-refractivity contribution in [3.05, 3.63) is 212 Å². The van der Waals surface area contributed by atoms with Crippen LogP contribution >= 0.6 is 0 Å². The summed E-state index contributed by atoms with van der Waals surface area (Å²) in [6.45, 7) is 0. The van der Waals surface area contributed by atoms with Crippen LogP contribution in [0.3, 0.4) is 0 Å². The van der Waals surface area contributed by atoms with Crippen LogP contribution in [0, 0.1) is 0 Å². The molecule has 288 valence electrons. The zero-order chi connectivity index (χ0) is 40.7. The Balaban J connectivity index is 1.03. The van der Waals surface area contributed by atoms with Gasteiger partial charge < -0.3 is 9.13 Å². The summed E-state index contributed by atoms with van der Waals surface area (Å²) in [4.78, 5) is 15.8.